The van der Waals surface area contributed by atoms with Gasteiger partial charge < -0.3 is 0 Å². The van der Waals surface area contributed by atoms with Gasteiger partial charge in [-0.1, -0.05) is 34.1 Å². The summed E-state index contributed by atoms with van der Waals surface area (Å²) < 4.78 is 0.992. The normalized spacial score (nSPS) is 11.0. The second-order valence-corrected chi connectivity index (χ2v) is 6.26. The molecule has 0 aliphatic rings. The third kappa shape index (κ3) is 3.49. The number of benzene rings is 1. The zero-order chi connectivity index (χ0) is 15.4. The Kier molecular flexibility index (Phi) is 4.45. The standard InChI is InChI=1S/C15H11BrN4OS/c16-11-5-3-10(4-6-11)9-17-20-15(21)13-8-12(18-19-13)14-2-1-7-22-14/h1-9H,(H,18,19)(H,20,21). The molecule has 0 radical (unpaired) electrons. The molecule has 3 rings (SSSR count). The van der Waals surface area contributed by atoms with Crippen molar-refractivity contribution in [3.05, 3.63) is 63.6 Å². The summed E-state index contributed by atoms with van der Waals surface area (Å²) in [6.07, 6.45) is 1.58. The molecule has 0 saturated carbocycles. The van der Waals surface area contributed by atoms with Crippen LogP contribution in [-0.2, 0) is 0 Å². The van der Waals surface area contributed by atoms with E-state index in [-0.39, 0.29) is 5.91 Å². The quantitative estimate of drug-likeness (QED) is 0.540. The second-order valence-electron chi connectivity index (χ2n) is 4.39. The van der Waals surface area contributed by atoms with Gasteiger partial charge >= 0.3 is 0 Å². The molecule has 0 aliphatic carbocycles. The van der Waals surface area contributed by atoms with Crippen molar-refractivity contribution in [3.8, 4) is 10.6 Å². The summed E-state index contributed by atoms with van der Waals surface area (Å²) in [5, 5.41) is 12.7. The highest BCUT2D eigenvalue weighted by molar-refractivity contribution is 9.10. The summed E-state index contributed by atoms with van der Waals surface area (Å²) >= 11 is 4.94. The molecule has 2 heterocycles. The highest BCUT2D eigenvalue weighted by Gasteiger charge is 2.10. The lowest BCUT2D eigenvalue weighted by Crippen LogP contribution is -2.17. The zero-order valence-corrected chi connectivity index (χ0v) is 13.7. The predicted molar refractivity (Wildman–Crippen MR) is 91.1 cm³/mol. The predicted octanol–water partition coefficient (Wildman–Crippen LogP) is 3.66. The summed E-state index contributed by atoms with van der Waals surface area (Å²) in [5.41, 5.74) is 4.47. The van der Waals surface area contributed by atoms with E-state index in [1.807, 2.05) is 41.8 Å². The van der Waals surface area contributed by atoms with Crippen LogP contribution < -0.4 is 5.43 Å². The van der Waals surface area contributed by atoms with Gasteiger partial charge in [0.1, 0.15) is 0 Å². The Hall–Kier alpha value is -2.25. The fraction of sp³-hybridized carbons (Fsp3) is 0. The molecule has 0 aliphatic heterocycles. The van der Waals surface area contributed by atoms with E-state index in [0.29, 0.717) is 5.69 Å². The number of aromatic nitrogens is 2. The third-order valence-corrected chi connectivity index (χ3v) is 4.28. The number of hydrogen-bond donors (Lipinski definition) is 2. The van der Waals surface area contributed by atoms with Gasteiger partial charge in [0.2, 0.25) is 0 Å². The Morgan fingerprint density at radius 2 is 2.14 bits per heavy atom. The van der Waals surface area contributed by atoms with Crippen LogP contribution in [0.15, 0.2) is 57.4 Å². The van der Waals surface area contributed by atoms with Crippen molar-refractivity contribution in [1.82, 2.24) is 15.6 Å². The Morgan fingerprint density at radius 3 is 2.86 bits per heavy atom. The van der Waals surface area contributed by atoms with Gasteiger partial charge in [-0.2, -0.15) is 10.2 Å². The van der Waals surface area contributed by atoms with Crippen LogP contribution in [0.1, 0.15) is 16.1 Å². The highest BCUT2D eigenvalue weighted by atomic mass is 79.9. The van der Waals surface area contributed by atoms with Crippen LogP contribution in [0.5, 0.6) is 0 Å². The van der Waals surface area contributed by atoms with Gasteiger partial charge in [-0.25, -0.2) is 5.43 Å². The van der Waals surface area contributed by atoms with Crippen molar-refractivity contribution in [1.29, 1.82) is 0 Å². The summed E-state index contributed by atoms with van der Waals surface area (Å²) in [6.45, 7) is 0. The van der Waals surface area contributed by atoms with Crippen molar-refractivity contribution in [3.63, 3.8) is 0 Å². The van der Waals surface area contributed by atoms with E-state index in [4.69, 9.17) is 0 Å². The maximum atomic E-state index is 12.0. The van der Waals surface area contributed by atoms with Gasteiger partial charge in [-0.15, -0.1) is 11.3 Å². The van der Waals surface area contributed by atoms with Crippen molar-refractivity contribution < 1.29 is 4.79 Å². The minimum Gasteiger partial charge on any atom is -0.276 e. The highest BCUT2D eigenvalue weighted by Crippen LogP contribution is 2.22. The van der Waals surface area contributed by atoms with Crippen molar-refractivity contribution in [2.45, 2.75) is 0 Å². The molecule has 0 bridgehead atoms. The van der Waals surface area contributed by atoms with Gasteiger partial charge in [0, 0.05) is 4.47 Å². The zero-order valence-electron chi connectivity index (χ0n) is 11.3. The third-order valence-electron chi connectivity index (χ3n) is 2.85. The average Bonchev–Trinajstić information content (AvgIpc) is 3.20. The van der Waals surface area contributed by atoms with Gasteiger partial charge in [-0.3, -0.25) is 9.89 Å². The monoisotopic (exact) mass is 374 g/mol. The van der Waals surface area contributed by atoms with Gasteiger partial charge in [-0.05, 0) is 35.2 Å². The maximum Gasteiger partial charge on any atom is 0.291 e. The van der Waals surface area contributed by atoms with Crippen LogP contribution in [0.2, 0.25) is 0 Å². The Balaban J connectivity index is 1.63. The average molecular weight is 375 g/mol. The first-order valence-corrected chi connectivity index (χ1v) is 8.08. The lowest BCUT2D eigenvalue weighted by atomic mass is 10.2. The fourth-order valence-electron chi connectivity index (χ4n) is 1.77. The minimum atomic E-state index is -0.354. The van der Waals surface area contributed by atoms with E-state index >= 15 is 0 Å². The lowest BCUT2D eigenvalue weighted by molar-refractivity contribution is 0.0950. The van der Waals surface area contributed by atoms with Gasteiger partial charge in [0.15, 0.2) is 5.69 Å². The molecule has 2 N–H and O–H groups in total. The number of rotatable bonds is 4. The number of amides is 1. The Morgan fingerprint density at radius 1 is 1.32 bits per heavy atom. The minimum absolute atomic E-state index is 0.302. The molecular formula is C15H11BrN4OS. The molecule has 0 atom stereocenters. The number of hydrazone groups is 1. The molecule has 110 valence electrons. The van der Waals surface area contributed by atoms with E-state index in [1.165, 1.54) is 0 Å². The number of H-pyrrole nitrogens is 1. The SMILES string of the molecule is O=C(NN=Cc1ccc(Br)cc1)c1cc(-c2cccs2)[nH]n1. The Bertz CT molecular complexity index is 793. The maximum absolute atomic E-state index is 12.0. The number of hydrogen-bond acceptors (Lipinski definition) is 4. The van der Waals surface area contributed by atoms with Crippen molar-refractivity contribution in [2.24, 2.45) is 5.10 Å². The molecular weight excluding hydrogens is 364 g/mol. The number of nitrogens with one attached hydrogen (secondary N) is 2. The van der Waals surface area contributed by atoms with Crippen molar-refractivity contribution in [2.75, 3.05) is 0 Å². The number of nitrogens with zero attached hydrogens (tertiary/aromatic N) is 2. The van der Waals surface area contributed by atoms with E-state index in [0.717, 1.165) is 20.6 Å². The van der Waals surface area contributed by atoms with E-state index in [9.17, 15) is 4.79 Å². The van der Waals surface area contributed by atoms with Crippen LogP contribution >= 0.6 is 27.3 Å². The molecule has 0 unspecified atom stereocenters. The van der Waals surface area contributed by atoms with E-state index in [1.54, 1.807) is 23.6 Å². The summed E-state index contributed by atoms with van der Waals surface area (Å²) in [7, 11) is 0. The number of halogens is 1. The first-order chi connectivity index (χ1) is 10.7. The summed E-state index contributed by atoms with van der Waals surface area (Å²) in [5.74, 6) is -0.354. The first-order valence-electron chi connectivity index (χ1n) is 6.40. The molecule has 0 saturated heterocycles. The molecule has 0 spiro atoms. The Labute approximate surface area is 139 Å². The molecule has 22 heavy (non-hydrogen) atoms. The summed E-state index contributed by atoms with van der Waals surface area (Å²) in [4.78, 5) is 13.0. The number of carbonyl (C=O) groups is 1. The first kappa shape index (κ1) is 14.7. The number of thiophene rings is 1. The van der Waals surface area contributed by atoms with E-state index < -0.39 is 0 Å². The topological polar surface area (TPSA) is 70.1 Å². The van der Waals surface area contributed by atoms with Crippen LogP contribution in [0, 0.1) is 0 Å². The van der Waals surface area contributed by atoms with Gasteiger partial charge in [0.25, 0.3) is 5.91 Å². The summed E-state index contributed by atoms with van der Waals surface area (Å²) in [6, 6.07) is 13.2. The molecule has 0 fully saturated rings. The van der Waals surface area contributed by atoms with Crippen LogP contribution in [-0.4, -0.2) is 22.3 Å². The molecule has 1 amide bonds. The van der Waals surface area contributed by atoms with Crippen LogP contribution in [0.3, 0.4) is 0 Å². The molecule has 1 aromatic carbocycles. The van der Waals surface area contributed by atoms with E-state index in [2.05, 4.69) is 36.7 Å². The lowest BCUT2D eigenvalue weighted by Gasteiger charge is -1.95. The van der Waals surface area contributed by atoms with Crippen LogP contribution in [0.25, 0.3) is 10.6 Å². The number of carbonyl (C=O) groups excluding carboxylic acids is 1. The van der Waals surface area contributed by atoms with Crippen LogP contribution in [0.4, 0.5) is 0 Å². The molecule has 7 heteroatoms. The van der Waals surface area contributed by atoms with Crippen molar-refractivity contribution >= 4 is 39.4 Å². The number of aromatic amines is 1. The smallest absolute Gasteiger partial charge is 0.276 e. The molecule has 2 aromatic heterocycles. The second kappa shape index (κ2) is 6.67. The molecule has 3 aromatic rings. The van der Waals surface area contributed by atoms with Gasteiger partial charge in [0.05, 0.1) is 16.8 Å². The fourth-order valence-corrected chi connectivity index (χ4v) is 2.72. The largest absolute Gasteiger partial charge is 0.291 e. The molecule has 5 nitrogen and oxygen atoms in total.